The average molecular weight is 318 g/mol. The molecule has 2 heterocycles. The van der Waals surface area contributed by atoms with Crippen molar-refractivity contribution < 1.29 is 14.3 Å². The standard InChI is InChI=1S/C16H18N2O3S/c1-20-12-5-2-11(3-6-12)4-7-15(19)18-16-17-13-8-9-21-10-14(13)22-16/h2-3,5-6H,4,7-10H2,1H3,(H,17,18,19). The smallest absolute Gasteiger partial charge is 0.226 e. The topological polar surface area (TPSA) is 60.5 Å². The molecule has 2 aromatic rings. The van der Waals surface area contributed by atoms with Crippen LogP contribution in [0.5, 0.6) is 5.75 Å². The van der Waals surface area contributed by atoms with Crippen LogP contribution in [-0.2, 0) is 29.0 Å². The number of nitrogens with one attached hydrogen (secondary N) is 1. The first kappa shape index (κ1) is 15.0. The Morgan fingerprint density at radius 1 is 1.41 bits per heavy atom. The number of methoxy groups -OCH3 is 1. The van der Waals surface area contributed by atoms with Gasteiger partial charge in [0.05, 0.1) is 30.9 Å². The highest BCUT2D eigenvalue weighted by molar-refractivity contribution is 7.15. The molecule has 1 aromatic carbocycles. The van der Waals surface area contributed by atoms with E-state index >= 15 is 0 Å². The molecule has 0 bridgehead atoms. The van der Waals surface area contributed by atoms with Crippen molar-refractivity contribution in [1.29, 1.82) is 0 Å². The van der Waals surface area contributed by atoms with Gasteiger partial charge in [-0.05, 0) is 24.1 Å². The van der Waals surface area contributed by atoms with Crippen LogP contribution >= 0.6 is 11.3 Å². The van der Waals surface area contributed by atoms with E-state index in [1.807, 2.05) is 24.3 Å². The molecular weight excluding hydrogens is 300 g/mol. The van der Waals surface area contributed by atoms with Crippen molar-refractivity contribution in [2.45, 2.75) is 25.9 Å². The van der Waals surface area contributed by atoms with Gasteiger partial charge in [-0.2, -0.15) is 0 Å². The summed E-state index contributed by atoms with van der Waals surface area (Å²) in [4.78, 5) is 17.6. The lowest BCUT2D eigenvalue weighted by atomic mass is 10.1. The number of ether oxygens (including phenoxy) is 2. The van der Waals surface area contributed by atoms with Crippen molar-refractivity contribution in [3.63, 3.8) is 0 Å². The Balaban J connectivity index is 1.52. The van der Waals surface area contributed by atoms with Gasteiger partial charge in [-0.15, -0.1) is 0 Å². The molecule has 0 fully saturated rings. The fourth-order valence-electron chi connectivity index (χ4n) is 2.31. The summed E-state index contributed by atoms with van der Waals surface area (Å²) >= 11 is 1.51. The summed E-state index contributed by atoms with van der Waals surface area (Å²) in [6, 6.07) is 7.77. The summed E-state index contributed by atoms with van der Waals surface area (Å²) in [6.45, 7) is 1.32. The summed E-state index contributed by atoms with van der Waals surface area (Å²) < 4.78 is 10.5. The maximum absolute atomic E-state index is 12.0. The number of carbonyl (C=O) groups excluding carboxylic acids is 1. The third kappa shape index (κ3) is 3.64. The number of aryl methyl sites for hydroxylation is 1. The fourth-order valence-corrected chi connectivity index (χ4v) is 3.27. The Kier molecular flexibility index (Phi) is 4.70. The number of thiazole rings is 1. The maximum atomic E-state index is 12.0. The quantitative estimate of drug-likeness (QED) is 0.921. The van der Waals surface area contributed by atoms with Gasteiger partial charge in [0.25, 0.3) is 0 Å². The molecule has 116 valence electrons. The number of fused-ring (bicyclic) bond motifs is 1. The maximum Gasteiger partial charge on any atom is 0.226 e. The minimum absolute atomic E-state index is 0.0113. The van der Waals surface area contributed by atoms with Gasteiger partial charge in [-0.3, -0.25) is 4.79 Å². The van der Waals surface area contributed by atoms with E-state index in [1.54, 1.807) is 7.11 Å². The largest absolute Gasteiger partial charge is 0.497 e. The highest BCUT2D eigenvalue weighted by Gasteiger charge is 2.16. The van der Waals surface area contributed by atoms with Crippen LogP contribution in [0.4, 0.5) is 5.13 Å². The van der Waals surface area contributed by atoms with Crippen LogP contribution in [0, 0.1) is 0 Å². The van der Waals surface area contributed by atoms with Crippen molar-refractivity contribution in [3.05, 3.63) is 40.4 Å². The van der Waals surface area contributed by atoms with Gasteiger partial charge in [-0.1, -0.05) is 23.5 Å². The fraction of sp³-hybridized carbons (Fsp3) is 0.375. The number of aromatic nitrogens is 1. The zero-order valence-electron chi connectivity index (χ0n) is 12.4. The molecule has 0 atom stereocenters. The average Bonchev–Trinajstić information content (AvgIpc) is 2.95. The highest BCUT2D eigenvalue weighted by Crippen LogP contribution is 2.27. The Bertz CT molecular complexity index is 628. The molecule has 3 rings (SSSR count). The van der Waals surface area contributed by atoms with Crippen molar-refractivity contribution in [2.75, 3.05) is 19.0 Å². The molecule has 22 heavy (non-hydrogen) atoms. The number of amides is 1. The van der Waals surface area contributed by atoms with Crippen LogP contribution in [0.1, 0.15) is 22.6 Å². The number of anilines is 1. The molecule has 0 aliphatic carbocycles. The van der Waals surface area contributed by atoms with Crippen LogP contribution in [0.15, 0.2) is 24.3 Å². The van der Waals surface area contributed by atoms with Crippen molar-refractivity contribution >= 4 is 22.4 Å². The number of hydrogen-bond donors (Lipinski definition) is 1. The van der Waals surface area contributed by atoms with Gasteiger partial charge >= 0.3 is 0 Å². The lowest BCUT2D eigenvalue weighted by Gasteiger charge is -2.08. The molecule has 1 N–H and O–H groups in total. The summed E-state index contributed by atoms with van der Waals surface area (Å²) in [6.07, 6.45) is 1.96. The number of carbonyl (C=O) groups is 1. The van der Waals surface area contributed by atoms with Gasteiger partial charge in [0.15, 0.2) is 5.13 Å². The lowest BCUT2D eigenvalue weighted by molar-refractivity contribution is -0.116. The van der Waals surface area contributed by atoms with E-state index < -0.39 is 0 Å². The molecule has 0 saturated carbocycles. The third-order valence-electron chi connectivity index (χ3n) is 3.54. The normalized spacial score (nSPS) is 13.5. The molecule has 0 unspecified atom stereocenters. The van der Waals surface area contributed by atoms with Gasteiger partial charge in [0.1, 0.15) is 5.75 Å². The molecule has 1 amide bonds. The summed E-state index contributed by atoms with van der Waals surface area (Å²) in [5.41, 5.74) is 2.17. The van der Waals surface area contributed by atoms with E-state index in [2.05, 4.69) is 10.3 Å². The van der Waals surface area contributed by atoms with Gasteiger partial charge < -0.3 is 14.8 Å². The van der Waals surface area contributed by atoms with E-state index in [-0.39, 0.29) is 5.91 Å². The van der Waals surface area contributed by atoms with Gasteiger partial charge in [0.2, 0.25) is 5.91 Å². The Morgan fingerprint density at radius 2 is 2.23 bits per heavy atom. The van der Waals surface area contributed by atoms with Crippen LogP contribution in [0.25, 0.3) is 0 Å². The zero-order chi connectivity index (χ0) is 15.4. The Morgan fingerprint density at radius 3 is 2.95 bits per heavy atom. The first-order valence-corrected chi connectivity index (χ1v) is 8.05. The lowest BCUT2D eigenvalue weighted by Crippen LogP contribution is -2.12. The second-order valence-corrected chi connectivity index (χ2v) is 6.17. The number of benzene rings is 1. The molecule has 0 radical (unpaired) electrons. The molecule has 1 aliphatic heterocycles. The molecule has 1 aliphatic rings. The number of nitrogens with zero attached hydrogens (tertiary/aromatic N) is 1. The van der Waals surface area contributed by atoms with E-state index in [1.165, 1.54) is 11.3 Å². The SMILES string of the molecule is COc1ccc(CCC(=O)Nc2nc3c(s2)COCC3)cc1. The molecule has 5 nitrogen and oxygen atoms in total. The Hall–Kier alpha value is -1.92. The molecule has 0 saturated heterocycles. The first-order valence-electron chi connectivity index (χ1n) is 7.23. The molecule has 0 spiro atoms. The highest BCUT2D eigenvalue weighted by atomic mass is 32.1. The van der Waals surface area contributed by atoms with Gasteiger partial charge in [-0.25, -0.2) is 4.98 Å². The molecule has 1 aromatic heterocycles. The van der Waals surface area contributed by atoms with Crippen LogP contribution in [0.2, 0.25) is 0 Å². The third-order valence-corrected chi connectivity index (χ3v) is 4.53. The molecule has 6 heteroatoms. The van der Waals surface area contributed by atoms with Crippen molar-refractivity contribution in [2.24, 2.45) is 0 Å². The van der Waals surface area contributed by atoms with E-state index in [0.717, 1.165) is 28.3 Å². The second-order valence-electron chi connectivity index (χ2n) is 5.09. The Labute approximate surface area is 133 Å². The summed E-state index contributed by atoms with van der Waals surface area (Å²) in [7, 11) is 1.64. The minimum atomic E-state index is -0.0113. The summed E-state index contributed by atoms with van der Waals surface area (Å²) in [5, 5.41) is 3.56. The van der Waals surface area contributed by atoms with Crippen molar-refractivity contribution in [1.82, 2.24) is 4.98 Å². The van der Waals surface area contributed by atoms with Crippen molar-refractivity contribution in [3.8, 4) is 5.75 Å². The zero-order valence-corrected chi connectivity index (χ0v) is 13.2. The predicted molar refractivity (Wildman–Crippen MR) is 85.4 cm³/mol. The number of hydrogen-bond acceptors (Lipinski definition) is 5. The van der Waals surface area contributed by atoms with Crippen LogP contribution in [-0.4, -0.2) is 24.6 Å². The van der Waals surface area contributed by atoms with Crippen LogP contribution < -0.4 is 10.1 Å². The first-order chi connectivity index (χ1) is 10.7. The second kappa shape index (κ2) is 6.89. The van der Waals surface area contributed by atoms with Gasteiger partial charge in [0, 0.05) is 12.8 Å². The minimum Gasteiger partial charge on any atom is -0.497 e. The van der Waals surface area contributed by atoms with Crippen LogP contribution in [0.3, 0.4) is 0 Å². The monoisotopic (exact) mass is 318 g/mol. The van der Waals surface area contributed by atoms with E-state index in [9.17, 15) is 4.79 Å². The summed E-state index contributed by atoms with van der Waals surface area (Å²) in [5.74, 6) is 0.812. The van der Waals surface area contributed by atoms with E-state index in [4.69, 9.17) is 9.47 Å². The predicted octanol–water partition coefficient (Wildman–Crippen LogP) is 2.80. The van der Waals surface area contributed by atoms with E-state index in [0.29, 0.717) is 31.2 Å². The number of rotatable bonds is 5. The molecular formula is C16H18N2O3S.